The van der Waals surface area contributed by atoms with Crippen LogP contribution in [0.5, 0.6) is 0 Å². The van der Waals surface area contributed by atoms with E-state index < -0.39 is 15.0 Å². The smallest absolute Gasteiger partial charge is 0.744 e. The van der Waals surface area contributed by atoms with Gasteiger partial charge in [0.25, 0.3) is 0 Å². The van der Waals surface area contributed by atoms with E-state index in [-0.39, 0.29) is 52.1 Å². The van der Waals surface area contributed by atoms with E-state index in [2.05, 4.69) is 15.2 Å². The van der Waals surface area contributed by atoms with Crippen molar-refractivity contribution in [2.24, 2.45) is 10.2 Å². The van der Waals surface area contributed by atoms with Gasteiger partial charge >= 0.3 is 29.6 Å². The van der Waals surface area contributed by atoms with Gasteiger partial charge in [0.1, 0.15) is 21.5 Å². The Morgan fingerprint density at radius 2 is 1.64 bits per heavy atom. The van der Waals surface area contributed by atoms with Crippen LogP contribution in [0, 0.1) is 0 Å². The molecule has 3 aromatic carbocycles. The number of nitrogens with zero attached hydrogens (tertiary/aromatic N) is 3. The third kappa shape index (κ3) is 5.18. The number of hydrogen-bond acceptors (Lipinski definition) is 8. The van der Waals surface area contributed by atoms with Crippen LogP contribution in [0.1, 0.15) is 17.3 Å². The van der Waals surface area contributed by atoms with Crippen molar-refractivity contribution >= 4 is 43.7 Å². The molecule has 0 spiro atoms. The third-order valence-corrected chi connectivity index (χ3v) is 5.78. The third-order valence-electron chi connectivity index (χ3n) is 4.90. The van der Waals surface area contributed by atoms with Gasteiger partial charge in [-0.2, -0.15) is 0 Å². The second-order valence-electron chi connectivity index (χ2n) is 7.01. The van der Waals surface area contributed by atoms with E-state index in [4.69, 9.17) is 5.73 Å². The Kier molecular flexibility index (Phi) is 7.41. The molecule has 10 heteroatoms. The van der Waals surface area contributed by atoms with Gasteiger partial charge in [-0.15, -0.1) is 10.2 Å². The number of aromatic nitrogens is 1. The maximum atomic E-state index is 11.9. The molecule has 0 bridgehead atoms. The van der Waals surface area contributed by atoms with Crippen molar-refractivity contribution in [3.05, 3.63) is 78.5 Å². The monoisotopic (exact) mass is 468 g/mol. The molecule has 8 nitrogen and oxygen atoms in total. The molecule has 4 aromatic rings. The molecular weight excluding hydrogens is 451 g/mol. The molecule has 0 aliphatic heterocycles. The molecule has 0 aliphatic rings. The van der Waals surface area contributed by atoms with Gasteiger partial charge < -0.3 is 10.3 Å². The summed E-state index contributed by atoms with van der Waals surface area (Å²) in [6.45, 7) is 1.49. The molecular formula is C23H17N4NaO4S. The minimum atomic E-state index is -4.75. The van der Waals surface area contributed by atoms with Crippen LogP contribution in [0.3, 0.4) is 0 Å². The molecule has 0 saturated carbocycles. The zero-order valence-corrected chi connectivity index (χ0v) is 20.7. The summed E-state index contributed by atoms with van der Waals surface area (Å²) >= 11 is 0. The summed E-state index contributed by atoms with van der Waals surface area (Å²) in [6, 6.07) is 18.1. The first-order chi connectivity index (χ1) is 15.3. The summed E-state index contributed by atoms with van der Waals surface area (Å²) in [4.78, 5) is 15.8. The molecule has 2 N–H and O–H groups in total. The quantitative estimate of drug-likeness (QED) is 0.156. The summed E-state index contributed by atoms with van der Waals surface area (Å²) in [5.74, 6) is -0.0675. The van der Waals surface area contributed by atoms with Crippen molar-refractivity contribution in [3.8, 4) is 11.3 Å². The second-order valence-corrected chi connectivity index (χ2v) is 8.36. The van der Waals surface area contributed by atoms with Gasteiger partial charge in [-0.3, -0.25) is 9.78 Å². The topological polar surface area (TPSA) is 138 Å². The van der Waals surface area contributed by atoms with Crippen molar-refractivity contribution in [3.63, 3.8) is 0 Å². The Morgan fingerprint density at radius 3 is 2.27 bits per heavy atom. The Bertz CT molecular complexity index is 1490. The van der Waals surface area contributed by atoms with E-state index >= 15 is 0 Å². The molecule has 0 saturated heterocycles. The molecule has 0 fully saturated rings. The number of carbonyl (C=O) groups excluding carboxylic acids is 1. The van der Waals surface area contributed by atoms with Crippen LogP contribution < -0.4 is 35.3 Å². The van der Waals surface area contributed by atoms with Crippen molar-refractivity contribution < 1.29 is 47.3 Å². The normalized spacial score (nSPS) is 11.5. The molecule has 0 radical (unpaired) electrons. The van der Waals surface area contributed by atoms with E-state index in [9.17, 15) is 17.8 Å². The van der Waals surface area contributed by atoms with E-state index in [1.165, 1.54) is 19.2 Å². The largest absolute Gasteiger partial charge is 1.00 e. The first-order valence-electron chi connectivity index (χ1n) is 9.51. The average molecular weight is 468 g/mol. The summed E-state index contributed by atoms with van der Waals surface area (Å²) in [5.41, 5.74) is 8.65. The minimum Gasteiger partial charge on any atom is -0.744 e. The van der Waals surface area contributed by atoms with Crippen LogP contribution in [0.2, 0.25) is 0 Å². The maximum absolute atomic E-state index is 11.9. The predicted molar refractivity (Wildman–Crippen MR) is 120 cm³/mol. The fourth-order valence-electron chi connectivity index (χ4n) is 3.37. The number of carbonyl (C=O) groups is 1. The molecule has 0 atom stereocenters. The van der Waals surface area contributed by atoms with Crippen molar-refractivity contribution in [1.82, 2.24) is 4.98 Å². The predicted octanol–water partition coefficient (Wildman–Crippen LogP) is 2.01. The average Bonchev–Trinajstić information content (AvgIpc) is 2.78. The van der Waals surface area contributed by atoms with Crippen LogP contribution in [-0.2, 0) is 10.1 Å². The van der Waals surface area contributed by atoms with Gasteiger partial charge in [-0.25, -0.2) is 8.42 Å². The first-order valence-corrected chi connectivity index (χ1v) is 10.9. The van der Waals surface area contributed by atoms with E-state index in [0.717, 1.165) is 6.07 Å². The zero-order valence-electron chi connectivity index (χ0n) is 17.9. The van der Waals surface area contributed by atoms with E-state index in [1.807, 2.05) is 6.07 Å². The summed E-state index contributed by atoms with van der Waals surface area (Å²) in [6.07, 6.45) is 1.47. The van der Waals surface area contributed by atoms with Gasteiger partial charge in [-0.1, -0.05) is 48.5 Å². The Hall–Kier alpha value is -2.95. The molecule has 0 unspecified atom stereocenters. The fraction of sp³-hybridized carbons (Fsp3) is 0.0435. The Morgan fingerprint density at radius 1 is 0.970 bits per heavy atom. The molecule has 1 aromatic heterocycles. The zero-order chi connectivity index (χ0) is 22.9. The molecule has 33 heavy (non-hydrogen) atoms. The number of nitrogens with two attached hydrogens (primary N) is 1. The fourth-order valence-corrected chi connectivity index (χ4v) is 4.07. The van der Waals surface area contributed by atoms with Crippen LogP contribution in [-0.4, -0.2) is 23.7 Å². The van der Waals surface area contributed by atoms with Crippen LogP contribution >= 0.6 is 0 Å². The minimum absolute atomic E-state index is 0. The van der Waals surface area contributed by atoms with E-state index in [0.29, 0.717) is 27.9 Å². The van der Waals surface area contributed by atoms with Gasteiger partial charge in [0.15, 0.2) is 5.78 Å². The Labute approximate surface area is 212 Å². The number of Topliss-reactive ketones (excluding diaryl/α,β-unsaturated/α-hetero) is 1. The summed E-state index contributed by atoms with van der Waals surface area (Å²) < 4.78 is 35.2. The van der Waals surface area contributed by atoms with Crippen LogP contribution in [0.15, 0.2) is 88.1 Å². The van der Waals surface area contributed by atoms with Crippen LogP contribution in [0.25, 0.3) is 22.0 Å². The number of hydrogen-bond donors (Lipinski definition) is 1. The number of nitrogen functional groups attached to an aromatic ring is 1. The van der Waals surface area contributed by atoms with Gasteiger partial charge in [-0.05, 0) is 25.1 Å². The first kappa shape index (κ1) is 24.7. The molecule has 0 amide bonds. The maximum Gasteiger partial charge on any atom is 1.00 e. The van der Waals surface area contributed by atoms with Gasteiger partial charge in [0.05, 0.1) is 22.5 Å². The van der Waals surface area contributed by atoms with Crippen molar-refractivity contribution in [1.29, 1.82) is 0 Å². The molecule has 160 valence electrons. The molecule has 4 rings (SSSR count). The number of rotatable bonds is 5. The number of azo groups is 1. The SMILES string of the molecule is CC(=O)c1ccccc1-c1ccc(N=Nc2cc(S(=O)(=O)[O-])c3ccccc3c2N)cn1.[Na+]. The summed E-state index contributed by atoms with van der Waals surface area (Å²) in [5, 5.41) is 8.76. The van der Waals surface area contributed by atoms with Crippen LogP contribution in [0.4, 0.5) is 17.1 Å². The number of pyridine rings is 1. The van der Waals surface area contributed by atoms with E-state index in [1.54, 1.807) is 48.5 Å². The number of benzene rings is 3. The van der Waals surface area contributed by atoms with Gasteiger partial charge in [0.2, 0.25) is 0 Å². The molecule has 0 aliphatic carbocycles. The van der Waals surface area contributed by atoms with Crippen molar-refractivity contribution in [2.45, 2.75) is 11.8 Å². The molecule has 1 heterocycles. The Balaban J connectivity index is 0.00000306. The van der Waals surface area contributed by atoms with Gasteiger partial charge in [0, 0.05) is 21.9 Å². The number of anilines is 1. The standard InChI is InChI=1S/C23H18N4O4S.Na/c1-14(28)16-6-2-3-7-17(16)20-11-10-15(13-25-20)26-27-21-12-22(32(29,30)31)18-8-4-5-9-19(18)23(21)24;/h2-13H,24H2,1H3,(H,29,30,31);/q;+1/p-1. The summed E-state index contributed by atoms with van der Waals surface area (Å²) in [7, 11) is -4.75. The second kappa shape index (κ2) is 9.90. The number of ketones is 1. The van der Waals surface area contributed by atoms with Crippen molar-refractivity contribution in [2.75, 3.05) is 5.73 Å². The number of fused-ring (bicyclic) bond motifs is 1.